The van der Waals surface area contributed by atoms with E-state index < -0.39 is 0 Å². The standard InChI is InChI=1S/C15H32N2O/c1-6-17(7-2)12-15(9-8-10-18-13-15)11-16-14(3,4)5/h16H,6-13H2,1-5H3. The maximum absolute atomic E-state index is 5.77. The average Bonchev–Trinajstić information content (AvgIpc) is 2.34. The van der Waals surface area contributed by atoms with Crippen molar-refractivity contribution in [3.8, 4) is 0 Å². The van der Waals surface area contributed by atoms with Crippen LogP contribution >= 0.6 is 0 Å². The summed E-state index contributed by atoms with van der Waals surface area (Å²) in [7, 11) is 0. The molecule has 1 aliphatic rings. The van der Waals surface area contributed by atoms with E-state index in [1.807, 2.05) is 0 Å². The first-order valence-electron chi connectivity index (χ1n) is 7.46. The summed E-state index contributed by atoms with van der Waals surface area (Å²) in [5, 5.41) is 3.68. The molecule has 0 aromatic heterocycles. The second kappa shape index (κ2) is 6.88. The molecule has 1 heterocycles. The summed E-state index contributed by atoms with van der Waals surface area (Å²) < 4.78 is 5.77. The predicted octanol–water partition coefficient (Wildman–Crippen LogP) is 2.51. The van der Waals surface area contributed by atoms with Crippen molar-refractivity contribution in [1.29, 1.82) is 0 Å². The third-order valence-corrected chi connectivity index (χ3v) is 3.85. The molecule has 1 saturated heterocycles. The fourth-order valence-electron chi connectivity index (χ4n) is 2.60. The van der Waals surface area contributed by atoms with Crippen LogP contribution in [0.3, 0.4) is 0 Å². The highest BCUT2D eigenvalue weighted by Gasteiger charge is 2.35. The van der Waals surface area contributed by atoms with Gasteiger partial charge in [0.2, 0.25) is 0 Å². The Labute approximate surface area is 113 Å². The van der Waals surface area contributed by atoms with Gasteiger partial charge in [0.05, 0.1) is 6.61 Å². The molecule has 0 saturated carbocycles. The van der Waals surface area contributed by atoms with Gasteiger partial charge in [-0.15, -0.1) is 0 Å². The molecule has 0 amide bonds. The summed E-state index contributed by atoms with van der Waals surface area (Å²) in [6.07, 6.45) is 2.49. The minimum absolute atomic E-state index is 0.188. The largest absolute Gasteiger partial charge is 0.381 e. The zero-order valence-electron chi connectivity index (χ0n) is 13.0. The van der Waals surface area contributed by atoms with Crippen molar-refractivity contribution in [2.45, 2.75) is 53.0 Å². The Hall–Kier alpha value is -0.120. The molecule has 1 atom stereocenters. The first-order chi connectivity index (χ1) is 8.41. The number of nitrogens with one attached hydrogen (secondary N) is 1. The van der Waals surface area contributed by atoms with Crippen LogP contribution in [0.5, 0.6) is 0 Å². The molecule has 18 heavy (non-hydrogen) atoms. The second-order valence-corrected chi connectivity index (χ2v) is 6.72. The zero-order valence-corrected chi connectivity index (χ0v) is 13.0. The van der Waals surface area contributed by atoms with Crippen LogP contribution in [0.2, 0.25) is 0 Å². The van der Waals surface area contributed by atoms with E-state index in [9.17, 15) is 0 Å². The van der Waals surface area contributed by atoms with Gasteiger partial charge in [0.25, 0.3) is 0 Å². The molecule has 1 unspecified atom stereocenters. The molecule has 1 rings (SSSR count). The Morgan fingerprint density at radius 3 is 2.33 bits per heavy atom. The van der Waals surface area contributed by atoms with Gasteiger partial charge < -0.3 is 15.0 Å². The normalized spacial score (nSPS) is 25.7. The van der Waals surface area contributed by atoms with E-state index in [1.54, 1.807) is 0 Å². The molecular weight excluding hydrogens is 224 g/mol. The van der Waals surface area contributed by atoms with Crippen LogP contribution in [0.15, 0.2) is 0 Å². The van der Waals surface area contributed by atoms with Gasteiger partial charge >= 0.3 is 0 Å². The third kappa shape index (κ3) is 5.25. The van der Waals surface area contributed by atoms with Gasteiger partial charge in [-0.05, 0) is 46.7 Å². The quantitative estimate of drug-likeness (QED) is 0.790. The fraction of sp³-hybridized carbons (Fsp3) is 1.00. The molecule has 0 aliphatic carbocycles. The van der Waals surface area contributed by atoms with Crippen molar-refractivity contribution in [3.63, 3.8) is 0 Å². The van der Waals surface area contributed by atoms with Gasteiger partial charge in [-0.2, -0.15) is 0 Å². The van der Waals surface area contributed by atoms with Crippen molar-refractivity contribution in [2.75, 3.05) is 39.4 Å². The highest BCUT2D eigenvalue weighted by atomic mass is 16.5. The lowest BCUT2D eigenvalue weighted by atomic mass is 9.81. The molecular formula is C15H32N2O. The molecule has 108 valence electrons. The Kier molecular flexibility index (Phi) is 6.09. The van der Waals surface area contributed by atoms with Gasteiger partial charge in [0, 0.05) is 30.7 Å². The van der Waals surface area contributed by atoms with Crippen molar-refractivity contribution < 1.29 is 4.74 Å². The topological polar surface area (TPSA) is 24.5 Å². The summed E-state index contributed by atoms with van der Waals surface area (Å²) in [5.74, 6) is 0. The minimum Gasteiger partial charge on any atom is -0.381 e. The van der Waals surface area contributed by atoms with Gasteiger partial charge in [0.15, 0.2) is 0 Å². The van der Waals surface area contributed by atoms with Crippen molar-refractivity contribution in [3.05, 3.63) is 0 Å². The highest BCUT2D eigenvalue weighted by molar-refractivity contribution is 4.89. The van der Waals surface area contributed by atoms with E-state index in [1.165, 1.54) is 12.8 Å². The lowest BCUT2D eigenvalue weighted by Crippen LogP contribution is -2.52. The summed E-state index contributed by atoms with van der Waals surface area (Å²) in [4.78, 5) is 2.53. The summed E-state index contributed by atoms with van der Waals surface area (Å²) in [5.41, 5.74) is 0.491. The predicted molar refractivity (Wildman–Crippen MR) is 78.0 cm³/mol. The Bertz CT molecular complexity index is 225. The van der Waals surface area contributed by atoms with Crippen LogP contribution < -0.4 is 5.32 Å². The number of nitrogens with zero attached hydrogens (tertiary/aromatic N) is 1. The van der Waals surface area contributed by atoms with Crippen LogP contribution in [0, 0.1) is 5.41 Å². The summed E-state index contributed by atoms with van der Waals surface area (Å²) in [6, 6.07) is 0. The second-order valence-electron chi connectivity index (χ2n) is 6.72. The number of hydrogen-bond donors (Lipinski definition) is 1. The molecule has 0 bridgehead atoms. The molecule has 3 nitrogen and oxygen atoms in total. The van der Waals surface area contributed by atoms with E-state index in [2.05, 4.69) is 44.8 Å². The zero-order chi connectivity index (χ0) is 13.6. The maximum atomic E-state index is 5.77. The molecule has 1 fully saturated rings. The van der Waals surface area contributed by atoms with Crippen molar-refractivity contribution >= 4 is 0 Å². The first-order valence-corrected chi connectivity index (χ1v) is 7.46. The number of ether oxygens (including phenoxy) is 1. The summed E-state index contributed by atoms with van der Waals surface area (Å²) in [6.45, 7) is 17.5. The minimum atomic E-state index is 0.188. The lowest BCUT2D eigenvalue weighted by molar-refractivity contribution is -0.0274. The van der Waals surface area contributed by atoms with E-state index in [4.69, 9.17) is 4.74 Å². The van der Waals surface area contributed by atoms with Gasteiger partial charge in [-0.25, -0.2) is 0 Å². The monoisotopic (exact) mass is 256 g/mol. The first kappa shape index (κ1) is 15.9. The Morgan fingerprint density at radius 2 is 1.89 bits per heavy atom. The van der Waals surface area contributed by atoms with Crippen molar-refractivity contribution in [1.82, 2.24) is 10.2 Å². The third-order valence-electron chi connectivity index (χ3n) is 3.85. The summed E-state index contributed by atoms with van der Waals surface area (Å²) >= 11 is 0. The molecule has 0 aromatic rings. The highest BCUT2D eigenvalue weighted by Crippen LogP contribution is 2.29. The van der Waals surface area contributed by atoms with Crippen LogP contribution in [-0.2, 0) is 4.74 Å². The Morgan fingerprint density at radius 1 is 1.22 bits per heavy atom. The molecule has 0 aromatic carbocycles. The van der Waals surface area contributed by atoms with Gasteiger partial charge in [-0.1, -0.05) is 13.8 Å². The smallest absolute Gasteiger partial charge is 0.0546 e. The van der Waals surface area contributed by atoms with E-state index in [0.29, 0.717) is 5.41 Å². The molecule has 0 radical (unpaired) electrons. The lowest BCUT2D eigenvalue weighted by Gasteiger charge is -2.42. The van der Waals surface area contributed by atoms with E-state index in [-0.39, 0.29) is 5.54 Å². The maximum Gasteiger partial charge on any atom is 0.0546 e. The number of rotatable bonds is 6. The fourth-order valence-corrected chi connectivity index (χ4v) is 2.60. The van der Waals surface area contributed by atoms with Crippen molar-refractivity contribution in [2.24, 2.45) is 5.41 Å². The molecule has 0 spiro atoms. The van der Waals surface area contributed by atoms with E-state index >= 15 is 0 Å². The van der Waals surface area contributed by atoms with Crippen LogP contribution in [0.25, 0.3) is 0 Å². The number of hydrogen-bond acceptors (Lipinski definition) is 3. The molecule has 1 aliphatic heterocycles. The van der Waals surface area contributed by atoms with Crippen LogP contribution in [0.1, 0.15) is 47.5 Å². The van der Waals surface area contributed by atoms with Crippen LogP contribution in [-0.4, -0.2) is 49.8 Å². The SMILES string of the molecule is CCN(CC)CC1(CNC(C)(C)C)CCCOC1. The molecule has 1 N–H and O–H groups in total. The average molecular weight is 256 g/mol. The molecule has 3 heteroatoms. The van der Waals surface area contributed by atoms with Gasteiger partial charge in [0.1, 0.15) is 0 Å². The van der Waals surface area contributed by atoms with Crippen LogP contribution in [0.4, 0.5) is 0 Å². The van der Waals surface area contributed by atoms with E-state index in [0.717, 1.165) is 39.4 Å². The Balaban J connectivity index is 2.62. The van der Waals surface area contributed by atoms with Gasteiger partial charge in [-0.3, -0.25) is 0 Å².